The number of esters is 2. The van der Waals surface area contributed by atoms with Crippen molar-refractivity contribution in [3.05, 3.63) is 35.9 Å². The Bertz CT molecular complexity index is 1160. The Kier molecular flexibility index (Phi) is 11.3. The molecule has 2 amide bonds. The van der Waals surface area contributed by atoms with E-state index in [4.69, 9.17) is 33.2 Å². The van der Waals surface area contributed by atoms with Crippen LogP contribution in [0.25, 0.3) is 0 Å². The lowest BCUT2D eigenvalue weighted by Gasteiger charge is -2.43. The van der Waals surface area contributed by atoms with Crippen molar-refractivity contribution in [3.8, 4) is 0 Å². The number of hydrogen-bond acceptors (Lipinski definition) is 11. The molecule has 0 aliphatic carbocycles. The van der Waals surface area contributed by atoms with Gasteiger partial charge in [0.25, 0.3) is 0 Å². The molecule has 0 bridgehead atoms. The predicted molar refractivity (Wildman–Crippen MR) is 157 cm³/mol. The Balaban J connectivity index is 1.94. The van der Waals surface area contributed by atoms with Gasteiger partial charge in [-0.2, -0.15) is 0 Å². The molecule has 6 atom stereocenters. The summed E-state index contributed by atoms with van der Waals surface area (Å²) in [5.41, 5.74) is -2.45. The molecule has 1 N–H and O–H groups in total. The van der Waals surface area contributed by atoms with Gasteiger partial charge in [0, 0.05) is 19.9 Å². The minimum absolute atomic E-state index is 0.0299. The second-order valence-electron chi connectivity index (χ2n) is 13.0. The molecule has 0 saturated carbocycles. The Morgan fingerprint density at radius 3 is 2.20 bits per heavy atom. The molecule has 13 nitrogen and oxygen atoms in total. The van der Waals surface area contributed by atoms with E-state index in [0.717, 1.165) is 12.7 Å². The molecular formula is C31H46N2O11. The molecule has 1 aromatic rings. The summed E-state index contributed by atoms with van der Waals surface area (Å²) in [6.45, 7) is 10.6. The van der Waals surface area contributed by atoms with Gasteiger partial charge in [0.05, 0.1) is 39.6 Å². The zero-order valence-electron chi connectivity index (χ0n) is 27.0. The predicted octanol–water partition coefficient (Wildman–Crippen LogP) is 3.36. The summed E-state index contributed by atoms with van der Waals surface area (Å²) in [5.74, 6) is -1.60. The third-order valence-corrected chi connectivity index (χ3v) is 7.15. The van der Waals surface area contributed by atoms with Crippen molar-refractivity contribution in [2.75, 3.05) is 27.9 Å². The van der Waals surface area contributed by atoms with E-state index >= 15 is 0 Å². The van der Waals surface area contributed by atoms with Gasteiger partial charge in [-0.1, -0.05) is 30.3 Å². The average molecular weight is 623 g/mol. The average Bonchev–Trinajstić information content (AvgIpc) is 3.32. The monoisotopic (exact) mass is 622 g/mol. The van der Waals surface area contributed by atoms with Gasteiger partial charge in [-0.3, -0.25) is 0 Å². The zero-order valence-corrected chi connectivity index (χ0v) is 27.0. The molecule has 2 heterocycles. The summed E-state index contributed by atoms with van der Waals surface area (Å²) >= 11 is 0. The fourth-order valence-electron chi connectivity index (χ4n) is 5.29. The van der Waals surface area contributed by atoms with Gasteiger partial charge >= 0.3 is 24.1 Å². The third-order valence-electron chi connectivity index (χ3n) is 7.15. The molecular weight excluding hydrogens is 576 g/mol. The molecule has 13 heteroatoms. The van der Waals surface area contributed by atoms with E-state index in [-0.39, 0.29) is 26.1 Å². The van der Waals surface area contributed by atoms with Gasteiger partial charge < -0.3 is 43.4 Å². The number of carbonyl (C=O) groups is 4. The molecule has 2 aliphatic heterocycles. The van der Waals surface area contributed by atoms with Gasteiger partial charge in [0.2, 0.25) is 0 Å². The van der Waals surface area contributed by atoms with Crippen molar-refractivity contribution in [1.29, 1.82) is 0 Å². The van der Waals surface area contributed by atoms with Crippen molar-refractivity contribution < 1.29 is 52.3 Å². The van der Waals surface area contributed by atoms with E-state index in [1.165, 1.54) is 12.0 Å². The lowest BCUT2D eigenvalue weighted by Crippen LogP contribution is -2.61. The molecule has 0 unspecified atom stereocenters. The second-order valence-corrected chi connectivity index (χ2v) is 13.0. The zero-order chi connectivity index (χ0) is 32.9. The number of hydrogen-bond donors (Lipinski definition) is 1. The number of nitrogens with zero attached hydrogens (tertiary/aromatic N) is 1. The van der Waals surface area contributed by atoms with Crippen molar-refractivity contribution in [3.63, 3.8) is 0 Å². The smallest absolute Gasteiger partial charge is 0.410 e. The standard InChI is InChI=1S/C31H46N2O11/c1-29(2,3)43-27(36)32-20(25(34)38-8)15-31(26(35)39-9)16-21-24(42-31)23(33(7)28(37)44-30(4,5)6)22(18-41-21)40-17-19-13-11-10-12-14-19/h10-14,20-24H,15-18H2,1-9H3,(H,32,36)/t20-,21+,22+,23+,24-,31-/m0/s1. The summed E-state index contributed by atoms with van der Waals surface area (Å²) in [7, 11) is 3.93. The normalized spacial score (nSPS) is 25.7. The molecule has 2 aliphatic rings. The van der Waals surface area contributed by atoms with Crippen LogP contribution in [0.1, 0.15) is 59.9 Å². The summed E-state index contributed by atoms with van der Waals surface area (Å²) in [4.78, 5) is 53.5. The molecule has 0 radical (unpaired) electrons. The first-order valence-electron chi connectivity index (χ1n) is 14.5. The highest BCUT2D eigenvalue weighted by atomic mass is 16.6. The van der Waals surface area contributed by atoms with E-state index in [0.29, 0.717) is 0 Å². The number of fused-ring (bicyclic) bond motifs is 1. The Morgan fingerprint density at radius 2 is 1.64 bits per heavy atom. The molecule has 0 aromatic heterocycles. The van der Waals surface area contributed by atoms with Gasteiger partial charge in [0.1, 0.15) is 29.5 Å². The van der Waals surface area contributed by atoms with E-state index in [1.807, 2.05) is 30.3 Å². The van der Waals surface area contributed by atoms with Crippen LogP contribution < -0.4 is 5.32 Å². The van der Waals surface area contributed by atoms with E-state index in [1.54, 1.807) is 48.6 Å². The number of rotatable bonds is 9. The summed E-state index contributed by atoms with van der Waals surface area (Å²) < 4.78 is 39.9. The molecule has 1 aromatic carbocycles. The first kappa shape index (κ1) is 35.1. The first-order valence-corrected chi connectivity index (χ1v) is 14.5. The van der Waals surface area contributed by atoms with Crippen LogP contribution in [-0.2, 0) is 49.4 Å². The number of amides is 2. The maximum Gasteiger partial charge on any atom is 0.410 e. The molecule has 2 fully saturated rings. The third kappa shape index (κ3) is 9.05. The Hall–Kier alpha value is -3.42. The molecule has 2 saturated heterocycles. The SMILES string of the molecule is COC(=O)[C@H](C[C@@]1(C(=O)OC)C[C@H]2OC[C@@H](OCc3ccccc3)[C@@H](N(C)C(=O)OC(C)(C)C)[C@H]2O1)NC(=O)OC(C)(C)C. The number of benzene rings is 1. The van der Waals surface area contributed by atoms with Crippen LogP contribution >= 0.6 is 0 Å². The molecule has 3 rings (SSSR count). The quantitative estimate of drug-likeness (QED) is 0.319. The number of ether oxygens (including phenoxy) is 7. The van der Waals surface area contributed by atoms with Crippen LogP contribution in [0, 0.1) is 0 Å². The van der Waals surface area contributed by atoms with E-state index < -0.39 is 71.3 Å². The summed E-state index contributed by atoms with van der Waals surface area (Å²) in [6.07, 6.45) is -4.12. The number of methoxy groups -OCH3 is 2. The van der Waals surface area contributed by atoms with Crippen molar-refractivity contribution in [2.45, 2.75) is 108 Å². The maximum absolute atomic E-state index is 13.4. The Labute approximate surface area is 258 Å². The van der Waals surface area contributed by atoms with Crippen LogP contribution in [0.5, 0.6) is 0 Å². The van der Waals surface area contributed by atoms with Crippen LogP contribution in [0.3, 0.4) is 0 Å². The lowest BCUT2D eigenvalue weighted by molar-refractivity contribution is -0.193. The fraction of sp³-hybridized carbons (Fsp3) is 0.677. The number of alkyl carbamates (subject to hydrolysis) is 1. The lowest BCUT2D eigenvalue weighted by atomic mass is 9.88. The van der Waals surface area contributed by atoms with Crippen molar-refractivity contribution in [1.82, 2.24) is 10.2 Å². The van der Waals surface area contributed by atoms with Gasteiger partial charge in [-0.15, -0.1) is 0 Å². The van der Waals surface area contributed by atoms with E-state index in [2.05, 4.69) is 5.32 Å². The van der Waals surface area contributed by atoms with Gasteiger partial charge in [-0.05, 0) is 47.1 Å². The van der Waals surface area contributed by atoms with Crippen molar-refractivity contribution >= 4 is 24.1 Å². The van der Waals surface area contributed by atoms with Gasteiger partial charge in [0.15, 0.2) is 5.60 Å². The van der Waals surface area contributed by atoms with Crippen LogP contribution in [0.4, 0.5) is 9.59 Å². The minimum atomic E-state index is -1.75. The number of carbonyl (C=O) groups excluding carboxylic acids is 4. The highest BCUT2D eigenvalue weighted by molar-refractivity contribution is 5.85. The summed E-state index contributed by atoms with van der Waals surface area (Å²) in [6, 6.07) is 7.43. The molecule has 44 heavy (non-hydrogen) atoms. The summed E-state index contributed by atoms with van der Waals surface area (Å²) in [5, 5.41) is 2.49. The van der Waals surface area contributed by atoms with E-state index in [9.17, 15) is 19.2 Å². The number of likely N-dealkylation sites (N-methyl/N-ethyl adjacent to an activating group) is 1. The first-order chi connectivity index (χ1) is 20.5. The number of nitrogens with one attached hydrogen (secondary N) is 1. The Morgan fingerprint density at radius 1 is 1.00 bits per heavy atom. The van der Waals surface area contributed by atoms with Crippen LogP contribution in [0.2, 0.25) is 0 Å². The maximum atomic E-state index is 13.4. The van der Waals surface area contributed by atoms with Crippen molar-refractivity contribution in [2.24, 2.45) is 0 Å². The second kappa shape index (κ2) is 14.1. The van der Waals surface area contributed by atoms with Crippen LogP contribution in [0.15, 0.2) is 30.3 Å². The molecule has 0 spiro atoms. The largest absolute Gasteiger partial charge is 0.467 e. The highest BCUT2D eigenvalue weighted by Gasteiger charge is 2.60. The topological polar surface area (TPSA) is 148 Å². The van der Waals surface area contributed by atoms with Gasteiger partial charge in [-0.25, -0.2) is 19.2 Å². The minimum Gasteiger partial charge on any atom is -0.467 e. The highest BCUT2D eigenvalue weighted by Crippen LogP contribution is 2.43. The fourth-order valence-corrected chi connectivity index (χ4v) is 5.29. The van der Waals surface area contributed by atoms with Crippen LogP contribution in [-0.4, -0.2) is 104 Å². The molecule has 246 valence electrons.